The van der Waals surface area contributed by atoms with Gasteiger partial charge in [0.25, 0.3) is 5.91 Å². The Kier molecular flexibility index (Phi) is 6.20. The monoisotopic (exact) mass is 371 g/mol. The minimum absolute atomic E-state index is 0.00739. The highest BCUT2D eigenvalue weighted by Crippen LogP contribution is 2.27. The third kappa shape index (κ3) is 4.39. The first kappa shape index (κ1) is 18.8. The molecule has 0 saturated carbocycles. The fourth-order valence-electron chi connectivity index (χ4n) is 3.46. The van der Waals surface area contributed by atoms with E-state index in [1.807, 2.05) is 12.1 Å². The van der Waals surface area contributed by atoms with Crippen molar-refractivity contribution in [3.63, 3.8) is 0 Å². The molecule has 3 nitrogen and oxygen atoms in total. The first-order valence-electron chi connectivity index (χ1n) is 9.41. The van der Waals surface area contributed by atoms with Crippen LogP contribution in [0.15, 0.2) is 42.5 Å². The van der Waals surface area contributed by atoms with Gasteiger partial charge in [0.1, 0.15) is 5.75 Å². The van der Waals surface area contributed by atoms with Gasteiger partial charge >= 0.3 is 0 Å². The Hall–Kier alpha value is -2.00. The number of carbonyl (C=O) groups is 1. The number of aryl methyl sites for hydroxylation is 2. The maximum absolute atomic E-state index is 12.6. The van der Waals surface area contributed by atoms with Gasteiger partial charge in [0.2, 0.25) is 0 Å². The second-order valence-electron chi connectivity index (χ2n) is 6.90. The lowest BCUT2D eigenvalue weighted by Gasteiger charge is -2.23. The van der Waals surface area contributed by atoms with E-state index in [2.05, 4.69) is 30.4 Å². The van der Waals surface area contributed by atoms with E-state index >= 15 is 0 Å². The molecular weight excluding hydrogens is 346 g/mol. The molecule has 4 heteroatoms. The first-order valence-corrected chi connectivity index (χ1v) is 9.79. The van der Waals surface area contributed by atoms with Gasteiger partial charge in [0, 0.05) is 0 Å². The van der Waals surface area contributed by atoms with Crippen LogP contribution in [0.2, 0.25) is 5.02 Å². The summed E-state index contributed by atoms with van der Waals surface area (Å²) in [7, 11) is 0. The highest BCUT2D eigenvalue weighted by molar-refractivity contribution is 6.32. The van der Waals surface area contributed by atoms with Gasteiger partial charge in [-0.05, 0) is 67.9 Å². The smallest absolute Gasteiger partial charge is 0.261 e. The second kappa shape index (κ2) is 8.59. The third-order valence-corrected chi connectivity index (χ3v) is 5.32. The number of para-hydroxylation sites is 1. The maximum atomic E-state index is 12.6. The fourth-order valence-corrected chi connectivity index (χ4v) is 3.64. The molecule has 2 atom stereocenters. The van der Waals surface area contributed by atoms with Crippen molar-refractivity contribution >= 4 is 17.5 Å². The van der Waals surface area contributed by atoms with E-state index in [0.717, 1.165) is 12.8 Å². The molecule has 2 aromatic carbocycles. The van der Waals surface area contributed by atoms with Gasteiger partial charge in [-0.15, -0.1) is 0 Å². The van der Waals surface area contributed by atoms with Crippen LogP contribution in [0.25, 0.3) is 0 Å². The topological polar surface area (TPSA) is 38.3 Å². The van der Waals surface area contributed by atoms with E-state index in [4.69, 9.17) is 16.3 Å². The molecule has 0 radical (unpaired) electrons. The van der Waals surface area contributed by atoms with Crippen LogP contribution >= 0.6 is 11.6 Å². The average molecular weight is 372 g/mol. The molecule has 0 aromatic heterocycles. The number of hydrogen-bond acceptors (Lipinski definition) is 2. The molecule has 0 saturated heterocycles. The lowest BCUT2D eigenvalue weighted by atomic mass is 9.89. The van der Waals surface area contributed by atoms with Crippen LogP contribution in [-0.2, 0) is 17.6 Å². The van der Waals surface area contributed by atoms with E-state index in [1.54, 1.807) is 19.1 Å². The Bertz CT molecular complexity index is 774. The van der Waals surface area contributed by atoms with E-state index in [1.165, 1.54) is 36.0 Å². The molecule has 3 rings (SSSR count). The van der Waals surface area contributed by atoms with Crippen LogP contribution in [0.3, 0.4) is 0 Å². The van der Waals surface area contributed by atoms with Crippen LogP contribution in [0.1, 0.15) is 55.8 Å². The highest BCUT2D eigenvalue weighted by atomic mass is 35.5. The summed E-state index contributed by atoms with van der Waals surface area (Å²) in [4.78, 5) is 12.6. The predicted octanol–water partition coefficient (Wildman–Crippen LogP) is 5.25. The largest absolute Gasteiger partial charge is 0.479 e. The summed E-state index contributed by atoms with van der Waals surface area (Å²) in [5.41, 5.74) is 4.06. The van der Waals surface area contributed by atoms with Crippen molar-refractivity contribution in [1.29, 1.82) is 0 Å². The lowest BCUT2D eigenvalue weighted by molar-refractivity contribution is -0.128. The van der Waals surface area contributed by atoms with E-state index in [-0.39, 0.29) is 11.9 Å². The number of carbonyl (C=O) groups excluding carboxylic acids is 1. The molecule has 0 aliphatic heterocycles. The van der Waals surface area contributed by atoms with E-state index in [0.29, 0.717) is 10.8 Å². The van der Waals surface area contributed by atoms with Gasteiger partial charge in [0.05, 0.1) is 11.1 Å². The third-order valence-electron chi connectivity index (χ3n) is 5.01. The quantitative estimate of drug-likeness (QED) is 0.752. The summed E-state index contributed by atoms with van der Waals surface area (Å²) in [5.74, 6) is 0.396. The Morgan fingerprint density at radius 3 is 2.62 bits per heavy atom. The molecule has 0 bridgehead atoms. The molecule has 0 fully saturated rings. The van der Waals surface area contributed by atoms with Crippen molar-refractivity contribution in [3.8, 4) is 5.75 Å². The van der Waals surface area contributed by atoms with E-state index in [9.17, 15) is 4.79 Å². The SMILES string of the molecule is CC[C@H](NC(=O)[C@@H](C)Oc1ccccc1Cl)c1ccc2c(c1)CCCC2. The summed E-state index contributed by atoms with van der Waals surface area (Å²) < 4.78 is 5.73. The van der Waals surface area contributed by atoms with Crippen molar-refractivity contribution in [2.75, 3.05) is 0 Å². The molecule has 2 aromatic rings. The van der Waals surface area contributed by atoms with Crippen molar-refractivity contribution in [2.45, 2.75) is 58.1 Å². The number of benzene rings is 2. The van der Waals surface area contributed by atoms with Crippen molar-refractivity contribution in [2.24, 2.45) is 0 Å². The van der Waals surface area contributed by atoms with Gasteiger partial charge < -0.3 is 10.1 Å². The zero-order valence-electron chi connectivity index (χ0n) is 15.4. The summed E-state index contributed by atoms with van der Waals surface area (Å²) in [5, 5.41) is 3.63. The molecule has 138 valence electrons. The minimum atomic E-state index is -0.610. The van der Waals surface area contributed by atoms with Crippen LogP contribution < -0.4 is 10.1 Å². The molecule has 1 aliphatic rings. The summed E-state index contributed by atoms with van der Waals surface area (Å²) in [6.45, 7) is 3.84. The fraction of sp³-hybridized carbons (Fsp3) is 0.409. The van der Waals surface area contributed by atoms with Crippen molar-refractivity contribution in [3.05, 3.63) is 64.2 Å². The summed E-state index contributed by atoms with van der Waals surface area (Å²) in [6, 6.07) is 13.8. The van der Waals surface area contributed by atoms with Crippen molar-refractivity contribution < 1.29 is 9.53 Å². The Morgan fingerprint density at radius 2 is 1.88 bits per heavy atom. The predicted molar refractivity (Wildman–Crippen MR) is 106 cm³/mol. The number of nitrogens with one attached hydrogen (secondary N) is 1. The molecule has 0 unspecified atom stereocenters. The number of halogens is 1. The lowest BCUT2D eigenvalue weighted by Crippen LogP contribution is -2.38. The van der Waals surface area contributed by atoms with Gasteiger partial charge in [-0.1, -0.05) is 48.9 Å². The van der Waals surface area contributed by atoms with Crippen molar-refractivity contribution in [1.82, 2.24) is 5.32 Å². The molecule has 0 spiro atoms. The van der Waals surface area contributed by atoms with Crippen LogP contribution in [0, 0.1) is 0 Å². The number of ether oxygens (including phenoxy) is 1. The molecule has 26 heavy (non-hydrogen) atoms. The zero-order chi connectivity index (χ0) is 18.5. The molecule has 0 heterocycles. The van der Waals surface area contributed by atoms with Gasteiger partial charge in [0.15, 0.2) is 6.10 Å². The Morgan fingerprint density at radius 1 is 1.15 bits per heavy atom. The standard InChI is InChI=1S/C22H26ClNO2/c1-3-20(18-13-12-16-8-4-5-9-17(16)14-18)24-22(25)15(2)26-21-11-7-6-10-19(21)23/h6-7,10-15,20H,3-5,8-9H2,1-2H3,(H,24,25)/t15-,20+/m1/s1. The number of rotatable bonds is 6. The normalized spacial score (nSPS) is 15.7. The maximum Gasteiger partial charge on any atom is 0.261 e. The molecule has 1 amide bonds. The first-order chi connectivity index (χ1) is 12.6. The molecule has 1 N–H and O–H groups in total. The van der Waals surface area contributed by atoms with Gasteiger partial charge in [-0.25, -0.2) is 0 Å². The molecular formula is C22H26ClNO2. The van der Waals surface area contributed by atoms with Crippen LogP contribution in [0.5, 0.6) is 5.75 Å². The van der Waals surface area contributed by atoms with E-state index < -0.39 is 6.10 Å². The highest BCUT2D eigenvalue weighted by Gasteiger charge is 2.21. The Balaban J connectivity index is 1.67. The van der Waals surface area contributed by atoms with Gasteiger partial charge in [-0.2, -0.15) is 0 Å². The van der Waals surface area contributed by atoms with Crippen LogP contribution in [-0.4, -0.2) is 12.0 Å². The van der Waals surface area contributed by atoms with Crippen LogP contribution in [0.4, 0.5) is 0 Å². The summed E-state index contributed by atoms with van der Waals surface area (Å²) in [6.07, 6.45) is 5.06. The number of hydrogen-bond donors (Lipinski definition) is 1. The Labute approximate surface area is 160 Å². The number of amides is 1. The molecule has 1 aliphatic carbocycles. The summed E-state index contributed by atoms with van der Waals surface area (Å²) >= 11 is 6.11. The number of fused-ring (bicyclic) bond motifs is 1. The second-order valence-corrected chi connectivity index (χ2v) is 7.30. The average Bonchev–Trinajstić information content (AvgIpc) is 2.67. The minimum Gasteiger partial charge on any atom is -0.479 e. The zero-order valence-corrected chi connectivity index (χ0v) is 16.2. The van der Waals surface area contributed by atoms with Gasteiger partial charge in [-0.3, -0.25) is 4.79 Å².